The molecule has 1 fully saturated rings. The first-order valence-electron chi connectivity index (χ1n) is 5.39. The summed E-state index contributed by atoms with van der Waals surface area (Å²) in [5.74, 6) is -2.29. The zero-order valence-electron chi connectivity index (χ0n) is 10.8. The molecule has 1 atom stereocenters. The zero-order chi connectivity index (χ0) is 14.1. The number of ketones is 1. The first kappa shape index (κ1) is 14.4. The van der Waals surface area contributed by atoms with E-state index in [1.165, 1.54) is 0 Å². The molecule has 6 nitrogen and oxygen atoms in total. The van der Waals surface area contributed by atoms with Gasteiger partial charge in [-0.15, -0.1) is 0 Å². The van der Waals surface area contributed by atoms with E-state index in [0.29, 0.717) is 0 Å². The molecule has 18 heavy (non-hydrogen) atoms. The van der Waals surface area contributed by atoms with Crippen molar-refractivity contribution in [2.45, 2.75) is 32.0 Å². The fraction of sp³-hybridized carbons (Fsp3) is 0.727. The second kappa shape index (κ2) is 4.55. The highest BCUT2D eigenvalue weighted by atomic mass is 19.1. The van der Waals surface area contributed by atoms with E-state index >= 15 is 0 Å². The largest absolute Gasteiger partial charge is 0.466 e. The van der Waals surface area contributed by atoms with Crippen molar-refractivity contribution in [3.63, 3.8) is 0 Å². The summed E-state index contributed by atoms with van der Waals surface area (Å²) in [5, 5.41) is 0. The number of Topliss-reactive ketones (excluding diaryl/α,β-unsaturated/α-hetero) is 1. The van der Waals surface area contributed by atoms with Gasteiger partial charge in [-0.25, -0.2) is 14.0 Å². The van der Waals surface area contributed by atoms with E-state index in [4.69, 9.17) is 4.74 Å². The molecule has 0 aliphatic carbocycles. The van der Waals surface area contributed by atoms with E-state index in [0.717, 1.165) is 12.0 Å². The second-order valence-corrected chi connectivity index (χ2v) is 5.05. The van der Waals surface area contributed by atoms with Crippen LogP contribution in [0.4, 0.5) is 9.18 Å². The van der Waals surface area contributed by atoms with Gasteiger partial charge in [0.2, 0.25) is 5.78 Å². The summed E-state index contributed by atoms with van der Waals surface area (Å²) in [6.07, 6.45) is -0.834. The van der Waals surface area contributed by atoms with Gasteiger partial charge in [0.05, 0.1) is 20.2 Å². The fourth-order valence-corrected chi connectivity index (χ4v) is 1.50. The van der Waals surface area contributed by atoms with Crippen LogP contribution < -0.4 is 0 Å². The van der Waals surface area contributed by atoms with Crippen molar-refractivity contribution in [1.82, 2.24) is 4.90 Å². The quantitative estimate of drug-likeness (QED) is 0.513. The molecule has 0 saturated carbocycles. The van der Waals surface area contributed by atoms with Crippen LogP contribution >= 0.6 is 0 Å². The van der Waals surface area contributed by atoms with Gasteiger partial charge in [-0.2, -0.15) is 0 Å². The Balaban J connectivity index is 2.78. The number of methoxy groups -OCH3 is 1. The molecule has 0 aromatic heterocycles. The minimum absolute atomic E-state index is 0.499. The van der Waals surface area contributed by atoms with Crippen molar-refractivity contribution in [3.8, 4) is 0 Å². The van der Waals surface area contributed by atoms with Crippen LogP contribution in [0.15, 0.2) is 0 Å². The van der Waals surface area contributed by atoms with Crippen molar-refractivity contribution in [1.29, 1.82) is 0 Å². The lowest BCUT2D eigenvalue weighted by molar-refractivity contribution is -0.157. The maximum absolute atomic E-state index is 14.1. The number of carbonyl (C=O) groups excluding carboxylic acids is 3. The summed E-state index contributed by atoms with van der Waals surface area (Å²) in [6, 6.07) is 0. The highest BCUT2D eigenvalue weighted by molar-refractivity contribution is 6.11. The summed E-state index contributed by atoms with van der Waals surface area (Å²) in [6.45, 7) is 3.76. The van der Waals surface area contributed by atoms with Gasteiger partial charge < -0.3 is 9.47 Å². The molecule has 1 amide bonds. The standard InChI is InChI=1S/C11H16FNO5/c1-10(2,3)18-9(16)13-5-7(14)11(12,6-13)8(15)17-4/h5-6H2,1-4H3. The average Bonchev–Trinajstić information content (AvgIpc) is 2.53. The highest BCUT2D eigenvalue weighted by Gasteiger charge is 2.55. The average molecular weight is 261 g/mol. The maximum Gasteiger partial charge on any atom is 0.410 e. The monoisotopic (exact) mass is 261 g/mol. The predicted octanol–water partition coefficient (Wildman–Crippen LogP) is 0.688. The molecule has 1 rings (SSSR count). The first-order valence-corrected chi connectivity index (χ1v) is 5.39. The number of hydrogen-bond donors (Lipinski definition) is 0. The number of hydrogen-bond acceptors (Lipinski definition) is 5. The Kier molecular flexibility index (Phi) is 3.64. The van der Waals surface area contributed by atoms with Gasteiger partial charge >= 0.3 is 12.1 Å². The molecule has 0 bridgehead atoms. The smallest absolute Gasteiger partial charge is 0.410 e. The molecule has 0 aromatic carbocycles. The van der Waals surface area contributed by atoms with Crippen LogP contribution in [-0.4, -0.2) is 54.2 Å². The molecular formula is C11H16FNO5. The number of rotatable bonds is 1. The topological polar surface area (TPSA) is 72.9 Å². The Morgan fingerprint density at radius 2 is 1.94 bits per heavy atom. The van der Waals surface area contributed by atoms with E-state index in [1.807, 2.05) is 0 Å². The van der Waals surface area contributed by atoms with E-state index in [9.17, 15) is 18.8 Å². The number of amides is 1. The lowest BCUT2D eigenvalue weighted by Crippen LogP contribution is -2.44. The molecule has 102 valence electrons. The summed E-state index contributed by atoms with van der Waals surface area (Å²) >= 11 is 0. The van der Waals surface area contributed by atoms with E-state index in [2.05, 4.69) is 4.74 Å². The SMILES string of the molecule is COC(=O)C1(F)CN(C(=O)OC(C)(C)C)CC1=O. The van der Waals surface area contributed by atoms with Gasteiger partial charge in [-0.1, -0.05) is 0 Å². The summed E-state index contributed by atoms with van der Waals surface area (Å²) in [7, 11) is 0.979. The van der Waals surface area contributed by atoms with Crippen molar-refractivity contribution in [3.05, 3.63) is 0 Å². The van der Waals surface area contributed by atoms with Crippen LogP contribution in [0.5, 0.6) is 0 Å². The summed E-state index contributed by atoms with van der Waals surface area (Å²) in [5.41, 5.74) is -3.54. The van der Waals surface area contributed by atoms with Gasteiger partial charge in [0.15, 0.2) is 0 Å². The Morgan fingerprint density at radius 3 is 2.39 bits per heavy atom. The van der Waals surface area contributed by atoms with E-state index < -0.39 is 42.2 Å². The van der Waals surface area contributed by atoms with Crippen LogP contribution in [0.3, 0.4) is 0 Å². The minimum atomic E-state index is -2.79. The minimum Gasteiger partial charge on any atom is -0.466 e. The molecule has 0 aromatic rings. The van der Waals surface area contributed by atoms with Crippen LogP contribution in [0, 0.1) is 0 Å². The molecule has 1 aliphatic heterocycles. The number of esters is 1. The third-order valence-corrected chi connectivity index (χ3v) is 2.35. The summed E-state index contributed by atoms with van der Waals surface area (Å²) in [4.78, 5) is 35.1. The van der Waals surface area contributed by atoms with Crippen LogP contribution in [0.1, 0.15) is 20.8 Å². The molecule has 1 unspecified atom stereocenters. The van der Waals surface area contributed by atoms with Crippen molar-refractivity contribution in [2.24, 2.45) is 0 Å². The molecular weight excluding hydrogens is 245 g/mol. The molecule has 1 aliphatic rings. The van der Waals surface area contributed by atoms with Gasteiger partial charge in [0.1, 0.15) is 5.60 Å². The normalized spacial score (nSPS) is 24.1. The molecule has 0 spiro atoms. The van der Waals surface area contributed by atoms with Gasteiger partial charge in [-0.05, 0) is 20.8 Å². The number of likely N-dealkylation sites (tertiary alicyclic amines) is 1. The zero-order valence-corrected chi connectivity index (χ0v) is 10.8. The third-order valence-electron chi connectivity index (χ3n) is 2.35. The molecule has 1 heterocycles. The van der Waals surface area contributed by atoms with Crippen LogP contribution in [0.2, 0.25) is 0 Å². The number of ether oxygens (including phenoxy) is 2. The fourth-order valence-electron chi connectivity index (χ4n) is 1.50. The van der Waals surface area contributed by atoms with Crippen LogP contribution in [-0.2, 0) is 19.1 Å². The van der Waals surface area contributed by atoms with Gasteiger partial charge in [0.25, 0.3) is 5.67 Å². The van der Waals surface area contributed by atoms with Crippen molar-refractivity contribution in [2.75, 3.05) is 20.2 Å². The number of nitrogens with zero attached hydrogens (tertiary/aromatic N) is 1. The maximum atomic E-state index is 14.1. The van der Waals surface area contributed by atoms with Crippen LogP contribution in [0.25, 0.3) is 0 Å². The molecule has 0 radical (unpaired) electrons. The van der Waals surface area contributed by atoms with E-state index in [-0.39, 0.29) is 0 Å². The lowest BCUT2D eigenvalue weighted by atomic mass is 10.1. The number of carbonyl (C=O) groups is 3. The van der Waals surface area contributed by atoms with Crippen molar-refractivity contribution >= 4 is 17.8 Å². The number of halogens is 1. The predicted molar refractivity (Wildman–Crippen MR) is 58.7 cm³/mol. The lowest BCUT2D eigenvalue weighted by Gasteiger charge is -2.24. The van der Waals surface area contributed by atoms with Crippen molar-refractivity contribution < 1.29 is 28.2 Å². The summed E-state index contributed by atoms with van der Waals surface area (Å²) < 4.78 is 23.3. The Labute approximate surface area is 104 Å². The molecule has 0 N–H and O–H groups in total. The second-order valence-electron chi connectivity index (χ2n) is 5.05. The Morgan fingerprint density at radius 1 is 1.39 bits per heavy atom. The Hall–Kier alpha value is -1.66. The Bertz CT molecular complexity index is 389. The van der Waals surface area contributed by atoms with Gasteiger partial charge in [-0.3, -0.25) is 9.69 Å². The van der Waals surface area contributed by atoms with Gasteiger partial charge in [0, 0.05) is 0 Å². The molecule has 1 saturated heterocycles. The molecule has 7 heteroatoms. The van der Waals surface area contributed by atoms with E-state index in [1.54, 1.807) is 20.8 Å². The highest BCUT2D eigenvalue weighted by Crippen LogP contribution is 2.25. The third kappa shape index (κ3) is 2.77. The number of alkyl halides is 1. The first-order chi connectivity index (χ1) is 8.10.